The number of thiocarbonyl (C=S) groups is 1. The molecule has 0 amide bonds. The third-order valence-corrected chi connectivity index (χ3v) is 4.48. The van der Waals surface area contributed by atoms with E-state index in [2.05, 4.69) is 34.5 Å². The summed E-state index contributed by atoms with van der Waals surface area (Å²) in [6, 6.07) is 27.0. The number of hydrogen-bond acceptors (Lipinski definition) is 1. The summed E-state index contributed by atoms with van der Waals surface area (Å²) in [5.74, 6) is -0.230. The first-order valence-electron chi connectivity index (χ1n) is 8.56. The zero-order valence-electron chi connectivity index (χ0n) is 14.4. The maximum absolute atomic E-state index is 13.0. The molecule has 2 nitrogen and oxygen atoms in total. The molecule has 0 saturated carbocycles. The average Bonchev–Trinajstić information content (AvgIpc) is 2.68. The van der Waals surface area contributed by atoms with Crippen molar-refractivity contribution < 1.29 is 4.39 Å². The Kier molecular flexibility index (Phi) is 6.34. The van der Waals surface area contributed by atoms with Crippen LogP contribution in [0.25, 0.3) is 0 Å². The summed E-state index contributed by atoms with van der Waals surface area (Å²) >= 11 is 5.64. The van der Waals surface area contributed by atoms with Crippen LogP contribution < -0.4 is 5.32 Å². The van der Waals surface area contributed by atoms with Crippen LogP contribution in [0.5, 0.6) is 0 Å². The Morgan fingerprint density at radius 3 is 1.73 bits per heavy atom. The number of hydrogen-bond donors (Lipinski definition) is 1. The van der Waals surface area contributed by atoms with E-state index in [9.17, 15) is 4.39 Å². The van der Waals surface area contributed by atoms with Crippen LogP contribution in [0.2, 0.25) is 0 Å². The Labute approximate surface area is 159 Å². The van der Waals surface area contributed by atoms with Crippen molar-refractivity contribution in [1.29, 1.82) is 0 Å². The van der Waals surface area contributed by atoms with E-state index in [1.54, 1.807) is 12.1 Å². The Balaban J connectivity index is 1.68. The third kappa shape index (κ3) is 5.39. The van der Waals surface area contributed by atoms with Crippen molar-refractivity contribution in [3.63, 3.8) is 0 Å². The van der Waals surface area contributed by atoms with Gasteiger partial charge in [-0.2, -0.15) is 0 Å². The molecule has 0 aliphatic heterocycles. The second-order valence-corrected chi connectivity index (χ2v) is 6.50. The first kappa shape index (κ1) is 18.1. The molecule has 0 radical (unpaired) electrons. The topological polar surface area (TPSA) is 15.3 Å². The maximum atomic E-state index is 13.0. The molecule has 0 saturated heterocycles. The quantitative estimate of drug-likeness (QED) is 0.626. The first-order valence-corrected chi connectivity index (χ1v) is 8.96. The van der Waals surface area contributed by atoms with Gasteiger partial charge in [-0.1, -0.05) is 72.8 Å². The highest BCUT2D eigenvalue weighted by Crippen LogP contribution is 2.11. The molecule has 0 spiro atoms. The molecule has 0 atom stereocenters. The van der Waals surface area contributed by atoms with Crippen molar-refractivity contribution in [3.8, 4) is 0 Å². The molecular weight excluding hydrogens is 343 g/mol. The minimum absolute atomic E-state index is 0.230. The molecule has 3 aromatic carbocycles. The Morgan fingerprint density at radius 2 is 1.23 bits per heavy atom. The molecule has 26 heavy (non-hydrogen) atoms. The molecule has 4 heteroatoms. The summed E-state index contributed by atoms with van der Waals surface area (Å²) < 4.78 is 13.0. The number of nitrogens with zero attached hydrogens (tertiary/aromatic N) is 1. The molecule has 0 aliphatic rings. The molecular formula is C22H21FN2S. The fraction of sp³-hybridized carbons (Fsp3) is 0.136. The van der Waals surface area contributed by atoms with Crippen LogP contribution in [-0.4, -0.2) is 10.0 Å². The van der Waals surface area contributed by atoms with Crippen molar-refractivity contribution in [2.24, 2.45) is 0 Å². The summed E-state index contributed by atoms with van der Waals surface area (Å²) in [7, 11) is 0. The molecule has 132 valence electrons. The first-order chi connectivity index (χ1) is 12.7. The van der Waals surface area contributed by atoms with Crippen molar-refractivity contribution in [2.75, 3.05) is 0 Å². The predicted molar refractivity (Wildman–Crippen MR) is 108 cm³/mol. The number of benzene rings is 3. The largest absolute Gasteiger partial charge is 0.358 e. The molecule has 3 aromatic rings. The van der Waals surface area contributed by atoms with E-state index in [-0.39, 0.29) is 5.82 Å². The van der Waals surface area contributed by atoms with Crippen LogP contribution in [0, 0.1) is 5.82 Å². The fourth-order valence-corrected chi connectivity index (χ4v) is 2.90. The van der Waals surface area contributed by atoms with Gasteiger partial charge in [0.25, 0.3) is 0 Å². The van der Waals surface area contributed by atoms with E-state index in [1.807, 2.05) is 36.4 Å². The molecule has 3 rings (SSSR count). The Bertz CT molecular complexity index is 778. The van der Waals surface area contributed by atoms with E-state index in [0.29, 0.717) is 11.7 Å². The number of halogens is 1. The standard InChI is InChI=1S/C22H21FN2S/c23-21-13-11-18(12-14-21)15-24-22(26)25(16-19-7-3-1-4-8-19)17-20-9-5-2-6-10-20/h1-14H,15-17H2,(H,24,26). The molecule has 0 bridgehead atoms. The summed E-state index contributed by atoms with van der Waals surface area (Å²) in [4.78, 5) is 2.14. The monoisotopic (exact) mass is 364 g/mol. The zero-order chi connectivity index (χ0) is 18.2. The van der Waals surface area contributed by atoms with E-state index < -0.39 is 0 Å². The number of nitrogens with one attached hydrogen (secondary N) is 1. The SMILES string of the molecule is Fc1ccc(CNC(=S)N(Cc2ccccc2)Cc2ccccc2)cc1. The maximum Gasteiger partial charge on any atom is 0.169 e. The van der Waals surface area contributed by atoms with Gasteiger partial charge in [0.2, 0.25) is 0 Å². The highest BCUT2D eigenvalue weighted by atomic mass is 32.1. The molecule has 0 aliphatic carbocycles. The predicted octanol–water partition coefficient (Wildman–Crippen LogP) is 4.90. The lowest BCUT2D eigenvalue weighted by molar-refractivity contribution is 0.399. The van der Waals surface area contributed by atoms with E-state index in [1.165, 1.54) is 23.3 Å². The van der Waals surface area contributed by atoms with Gasteiger partial charge in [-0.05, 0) is 41.0 Å². The molecule has 0 unspecified atom stereocenters. The summed E-state index contributed by atoms with van der Waals surface area (Å²) in [5.41, 5.74) is 3.40. The van der Waals surface area contributed by atoms with E-state index >= 15 is 0 Å². The van der Waals surface area contributed by atoms with Crippen molar-refractivity contribution in [2.45, 2.75) is 19.6 Å². The normalized spacial score (nSPS) is 10.3. The highest BCUT2D eigenvalue weighted by molar-refractivity contribution is 7.80. The lowest BCUT2D eigenvalue weighted by Crippen LogP contribution is -2.38. The van der Waals surface area contributed by atoms with Gasteiger partial charge in [-0.15, -0.1) is 0 Å². The lowest BCUT2D eigenvalue weighted by Gasteiger charge is -2.26. The lowest BCUT2D eigenvalue weighted by atomic mass is 10.2. The summed E-state index contributed by atoms with van der Waals surface area (Å²) in [6.45, 7) is 2.02. The minimum Gasteiger partial charge on any atom is -0.358 e. The van der Waals surface area contributed by atoms with Gasteiger partial charge in [-0.3, -0.25) is 0 Å². The molecule has 0 aromatic heterocycles. The average molecular weight is 364 g/mol. The van der Waals surface area contributed by atoms with Crippen molar-refractivity contribution in [1.82, 2.24) is 10.2 Å². The van der Waals surface area contributed by atoms with Crippen LogP contribution >= 0.6 is 12.2 Å². The van der Waals surface area contributed by atoms with Crippen molar-refractivity contribution >= 4 is 17.3 Å². The third-order valence-electron chi connectivity index (χ3n) is 4.08. The van der Waals surface area contributed by atoms with Crippen LogP contribution in [0.1, 0.15) is 16.7 Å². The van der Waals surface area contributed by atoms with Gasteiger partial charge in [0.15, 0.2) is 5.11 Å². The van der Waals surface area contributed by atoms with Crippen LogP contribution in [0.3, 0.4) is 0 Å². The van der Waals surface area contributed by atoms with Gasteiger partial charge in [0.1, 0.15) is 5.82 Å². The Hall–Kier alpha value is -2.72. The second kappa shape index (κ2) is 9.11. The molecule has 1 N–H and O–H groups in total. The van der Waals surface area contributed by atoms with Crippen LogP contribution in [0.4, 0.5) is 4.39 Å². The Morgan fingerprint density at radius 1 is 0.731 bits per heavy atom. The minimum atomic E-state index is -0.230. The molecule has 0 heterocycles. The molecule has 0 fully saturated rings. The van der Waals surface area contributed by atoms with Gasteiger partial charge in [0, 0.05) is 19.6 Å². The highest BCUT2D eigenvalue weighted by Gasteiger charge is 2.11. The van der Waals surface area contributed by atoms with Gasteiger partial charge in [0.05, 0.1) is 0 Å². The zero-order valence-corrected chi connectivity index (χ0v) is 15.3. The fourth-order valence-electron chi connectivity index (χ4n) is 2.70. The summed E-state index contributed by atoms with van der Waals surface area (Å²) in [5, 5.41) is 3.98. The van der Waals surface area contributed by atoms with E-state index in [4.69, 9.17) is 12.2 Å². The van der Waals surface area contributed by atoms with Gasteiger partial charge in [-0.25, -0.2) is 4.39 Å². The van der Waals surface area contributed by atoms with E-state index in [0.717, 1.165) is 18.7 Å². The smallest absolute Gasteiger partial charge is 0.169 e. The van der Waals surface area contributed by atoms with Gasteiger partial charge >= 0.3 is 0 Å². The van der Waals surface area contributed by atoms with Crippen LogP contribution in [0.15, 0.2) is 84.9 Å². The number of rotatable bonds is 6. The second-order valence-electron chi connectivity index (χ2n) is 6.11. The van der Waals surface area contributed by atoms with Crippen LogP contribution in [-0.2, 0) is 19.6 Å². The van der Waals surface area contributed by atoms with Crippen molar-refractivity contribution in [3.05, 3.63) is 107 Å². The van der Waals surface area contributed by atoms with Gasteiger partial charge < -0.3 is 10.2 Å². The summed E-state index contributed by atoms with van der Waals surface area (Å²) in [6.07, 6.45) is 0.